The monoisotopic (exact) mass is 496 g/mol. The maximum Gasteiger partial charge on any atom is 0.327 e. The van der Waals surface area contributed by atoms with E-state index in [1.807, 2.05) is 61.5 Å². The molecule has 7 rings (SSSR count). The van der Waals surface area contributed by atoms with E-state index < -0.39 is 6.04 Å². The topological polar surface area (TPSA) is 108 Å². The van der Waals surface area contributed by atoms with Crippen molar-refractivity contribution in [2.24, 2.45) is 0 Å². The summed E-state index contributed by atoms with van der Waals surface area (Å²) in [5.41, 5.74) is 3.57. The fraction of sp³-hybridized carbons (Fsp3) is 0.148. The lowest BCUT2D eigenvalue weighted by molar-refractivity contribution is 0.173. The van der Waals surface area contributed by atoms with E-state index in [9.17, 15) is 4.79 Å². The summed E-state index contributed by atoms with van der Waals surface area (Å²) in [6.07, 6.45) is 0. The summed E-state index contributed by atoms with van der Waals surface area (Å²) in [6, 6.07) is 19.7. The second-order valence-corrected chi connectivity index (χ2v) is 8.66. The van der Waals surface area contributed by atoms with Crippen molar-refractivity contribution in [2.45, 2.75) is 13.0 Å². The van der Waals surface area contributed by atoms with E-state index >= 15 is 0 Å². The minimum atomic E-state index is -0.496. The van der Waals surface area contributed by atoms with Crippen LogP contribution < -0.4 is 29.2 Å². The lowest BCUT2D eigenvalue weighted by Gasteiger charge is -2.35. The summed E-state index contributed by atoms with van der Waals surface area (Å²) in [7, 11) is 0. The van der Waals surface area contributed by atoms with Crippen LogP contribution in [0.1, 0.15) is 24.4 Å². The number of hydrogen-bond acceptors (Lipinski definition) is 8. The first-order chi connectivity index (χ1) is 18.2. The summed E-state index contributed by atoms with van der Waals surface area (Å²) < 4.78 is 27.6. The minimum Gasteiger partial charge on any atom is -0.454 e. The number of allylic oxidation sites excluding steroid dienone is 1. The number of nitrogens with one attached hydrogen (secondary N) is 1. The zero-order chi connectivity index (χ0) is 24.9. The van der Waals surface area contributed by atoms with Crippen LogP contribution in [-0.2, 0) is 0 Å². The Labute approximate surface area is 211 Å². The predicted octanol–water partition coefficient (Wildman–Crippen LogP) is 4.90. The molecular weight excluding hydrogens is 476 g/mol. The molecule has 4 aromatic rings. The Hall–Kier alpha value is -4.99. The van der Waals surface area contributed by atoms with Crippen LogP contribution in [0.15, 0.2) is 77.0 Å². The number of nitrogens with zero attached hydrogens (tertiary/aromatic N) is 3. The molecule has 1 N–H and O–H groups in total. The lowest BCUT2D eigenvalue weighted by atomic mass is 9.94. The van der Waals surface area contributed by atoms with Crippen LogP contribution in [0.5, 0.6) is 23.0 Å². The molecule has 10 nitrogen and oxygen atoms in total. The van der Waals surface area contributed by atoms with Crippen LogP contribution in [-0.4, -0.2) is 29.8 Å². The Morgan fingerprint density at radius 3 is 2.35 bits per heavy atom. The molecule has 1 aromatic heterocycles. The lowest BCUT2D eigenvalue weighted by Crippen LogP contribution is -2.46. The molecule has 10 heteroatoms. The quantitative estimate of drug-likeness (QED) is 0.425. The Balaban J connectivity index is 1.34. The SMILES string of the molecule is CC1=C(c2nc(-c3ccc4c(c3)OCO4)no2)C(c2ccccc2)NC(=O)N1c1ccc2c(c1)OCO2. The van der Waals surface area contributed by atoms with Gasteiger partial charge < -0.3 is 28.8 Å². The molecule has 0 saturated heterocycles. The van der Waals surface area contributed by atoms with Gasteiger partial charge in [-0.05, 0) is 42.8 Å². The molecular formula is C27H20N4O6. The number of carbonyl (C=O) groups is 1. The van der Waals surface area contributed by atoms with Gasteiger partial charge in [-0.25, -0.2) is 4.79 Å². The standard InChI is InChI=1S/C27H20N4O6/c1-15-23(26-29-25(30-37-26)17-7-9-19-21(11-17)35-13-33-19)24(16-5-3-2-4-6-16)28-27(32)31(15)18-8-10-20-22(12-18)36-14-34-20/h2-12,24H,13-14H2,1H3,(H,28,32). The third-order valence-corrected chi connectivity index (χ3v) is 6.52. The van der Waals surface area contributed by atoms with Gasteiger partial charge in [0.2, 0.25) is 19.4 Å². The molecule has 0 aliphatic carbocycles. The summed E-state index contributed by atoms with van der Waals surface area (Å²) in [6.45, 7) is 2.18. The van der Waals surface area contributed by atoms with Crippen molar-refractivity contribution >= 4 is 17.3 Å². The number of rotatable bonds is 4. The maximum atomic E-state index is 13.4. The molecule has 37 heavy (non-hydrogen) atoms. The summed E-state index contributed by atoms with van der Waals surface area (Å²) in [5, 5.41) is 7.33. The smallest absolute Gasteiger partial charge is 0.327 e. The van der Waals surface area contributed by atoms with Gasteiger partial charge in [-0.15, -0.1) is 0 Å². The Kier molecular flexibility index (Phi) is 4.78. The van der Waals surface area contributed by atoms with E-state index in [4.69, 9.17) is 28.5 Å². The predicted molar refractivity (Wildman–Crippen MR) is 131 cm³/mol. The average Bonchev–Trinajstić information content (AvgIpc) is 3.69. The summed E-state index contributed by atoms with van der Waals surface area (Å²) >= 11 is 0. The number of benzene rings is 3. The highest BCUT2D eigenvalue weighted by molar-refractivity contribution is 6.01. The largest absolute Gasteiger partial charge is 0.454 e. The third-order valence-electron chi connectivity index (χ3n) is 6.52. The van der Waals surface area contributed by atoms with E-state index in [0.717, 1.165) is 11.1 Å². The fourth-order valence-corrected chi connectivity index (χ4v) is 4.74. The molecule has 0 spiro atoms. The van der Waals surface area contributed by atoms with Gasteiger partial charge >= 0.3 is 6.03 Å². The molecule has 4 heterocycles. The van der Waals surface area contributed by atoms with E-state index in [1.54, 1.807) is 17.0 Å². The van der Waals surface area contributed by atoms with Gasteiger partial charge in [0.25, 0.3) is 5.89 Å². The van der Waals surface area contributed by atoms with E-state index in [-0.39, 0.29) is 19.6 Å². The maximum absolute atomic E-state index is 13.4. The van der Waals surface area contributed by atoms with Crippen molar-refractivity contribution in [1.29, 1.82) is 0 Å². The number of urea groups is 1. The molecule has 1 atom stereocenters. The minimum absolute atomic E-state index is 0.145. The highest BCUT2D eigenvalue weighted by Crippen LogP contribution is 2.42. The second kappa shape index (κ2) is 8.30. The van der Waals surface area contributed by atoms with Gasteiger partial charge in [0, 0.05) is 17.3 Å². The molecule has 0 saturated carbocycles. The molecule has 1 unspecified atom stereocenters. The molecule has 2 amide bonds. The second-order valence-electron chi connectivity index (χ2n) is 8.66. The van der Waals surface area contributed by atoms with Crippen molar-refractivity contribution in [3.63, 3.8) is 0 Å². The van der Waals surface area contributed by atoms with E-state index in [1.165, 1.54) is 0 Å². The number of fused-ring (bicyclic) bond motifs is 2. The zero-order valence-corrected chi connectivity index (χ0v) is 19.6. The van der Waals surface area contributed by atoms with Gasteiger partial charge in [-0.2, -0.15) is 4.98 Å². The van der Waals surface area contributed by atoms with Crippen molar-refractivity contribution < 1.29 is 28.3 Å². The Morgan fingerprint density at radius 1 is 0.865 bits per heavy atom. The van der Waals surface area contributed by atoms with E-state index in [2.05, 4.69) is 10.5 Å². The average molecular weight is 496 g/mol. The van der Waals surface area contributed by atoms with Crippen molar-refractivity contribution in [3.8, 4) is 34.4 Å². The highest BCUT2D eigenvalue weighted by atomic mass is 16.7. The zero-order valence-electron chi connectivity index (χ0n) is 19.6. The van der Waals surface area contributed by atoms with Gasteiger partial charge in [0.1, 0.15) is 0 Å². The number of amides is 2. The molecule has 0 bridgehead atoms. The normalized spacial score (nSPS) is 17.8. The first kappa shape index (κ1) is 21.3. The first-order valence-electron chi connectivity index (χ1n) is 11.7. The van der Waals surface area contributed by atoms with Crippen LogP contribution in [0.3, 0.4) is 0 Å². The van der Waals surface area contributed by atoms with Crippen LogP contribution in [0.4, 0.5) is 10.5 Å². The summed E-state index contributed by atoms with van der Waals surface area (Å²) in [4.78, 5) is 19.7. The molecule has 3 aliphatic heterocycles. The van der Waals surface area contributed by atoms with Gasteiger partial charge in [0.05, 0.1) is 17.3 Å². The van der Waals surface area contributed by atoms with Gasteiger partial charge in [0.15, 0.2) is 23.0 Å². The summed E-state index contributed by atoms with van der Waals surface area (Å²) in [5.74, 6) is 3.20. The Bertz CT molecular complexity index is 1560. The first-order valence-corrected chi connectivity index (χ1v) is 11.7. The molecule has 0 radical (unpaired) electrons. The van der Waals surface area contributed by atoms with Crippen LogP contribution in [0.2, 0.25) is 0 Å². The van der Waals surface area contributed by atoms with Crippen LogP contribution in [0, 0.1) is 0 Å². The molecule has 3 aliphatic rings. The Morgan fingerprint density at radius 2 is 1.57 bits per heavy atom. The number of aromatic nitrogens is 2. The van der Waals surface area contributed by atoms with Gasteiger partial charge in [-0.3, -0.25) is 4.90 Å². The fourth-order valence-electron chi connectivity index (χ4n) is 4.74. The molecule has 184 valence electrons. The number of ether oxygens (including phenoxy) is 4. The molecule has 0 fully saturated rings. The van der Waals surface area contributed by atoms with E-state index in [0.29, 0.717) is 51.7 Å². The highest BCUT2D eigenvalue weighted by Gasteiger charge is 2.37. The number of anilines is 1. The van der Waals surface area contributed by atoms with Crippen molar-refractivity contribution in [2.75, 3.05) is 18.5 Å². The van der Waals surface area contributed by atoms with Crippen molar-refractivity contribution in [1.82, 2.24) is 15.5 Å². The number of hydrogen-bond donors (Lipinski definition) is 1. The molecule has 3 aromatic carbocycles. The van der Waals surface area contributed by atoms with Gasteiger partial charge in [-0.1, -0.05) is 35.5 Å². The number of carbonyl (C=O) groups excluding carboxylic acids is 1. The van der Waals surface area contributed by atoms with Crippen LogP contribution >= 0.6 is 0 Å². The van der Waals surface area contributed by atoms with Crippen molar-refractivity contribution in [3.05, 3.63) is 83.9 Å². The van der Waals surface area contributed by atoms with Crippen LogP contribution in [0.25, 0.3) is 17.0 Å². The third kappa shape index (κ3) is 3.53.